The molecule has 1 atom stereocenters. The Morgan fingerprint density at radius 3 is 2.67 bits per heavy atom. The van der Waals surface area contributed by atoms with Crippen LogP contribution in [-0.4, -0.2) is 41.3 Å². The van der Waals surface area contributed by atoms with Crippen LogP contribution in [-0.2, 0) is 4.79 Å². The fourth-order valence-electron chi connectivity index (χ4n) is 3.75. The largest absolute Gasteiger partial charge is 0.484 e. The Morgan fingerprint density at radius 1 is 1.11 bits per heavy atom. The molecule has 1 saturated heterocycles. The number of hydrogen-bond acceptors (Lipinski definition) is 5. The number of esters is 1. The number of para-hydroxylation sites is 2. The number of hydrogen-bond donors (Lipinski definition) is 0. The number of carbonyl (C=O) groups excluding carboxylic acids is 3. The summed E-state index contributed by atoms with van der Waals surface area (Å²) in [6.07, 6.45) is 0.827. The first-order chi connectivity index (χ1) is 13.0. The van der Waals surface area contributed by atoms with Crippen LogP contribution >= 0.6 is 0 Å². The molecule has 0 aromatic heterocycles. The summed E-state index contributed by atoms with van der Waals surface area (Å²) in [7, 11) is 0. The molecule has 0 N–H and O–H groups in total. The predicted molar refractivity (Wildman–Crippen MR) is 97.0 cm³/mol. The summed E-state index contributed by atoms with van der Waals surface area (Å²) < 4.78 is 11.3. The Hall–Kier alpha value is -3.15. The lowest BCUT2D eigenvalue weighted by Crippen LogP contribution is -2.45. The number of carbonyl (C=O) groups is 3. The summed E-state index contributed by atoms with van der Waals surface area (Å²) in [5.41, 5.74) is 0.220. The van der Waals surface area contributed by atoms with E-state index in [2.05, 4.69) is 0 Å². The summed E-state index contributed by atoms with van der Waals surface area (Å²) in [5.74, 6) is 0.126. The Morgan fingerprint density at radius 2 is 1.85 bits per heavy atom. The molecule has 1 fully saturated rings. The summed E-state index contributed by atoms with van der Waals surface area (Å²) in [5, 5.41) is 0. The zero-order valence-electron chi connectivity index (χ0n) is 14.9. The molecule has 0 aliphatic carbocycles. The van der Waals surface area contributed by atoms with Gasteiger partial charge in [0.25, 0.3) is 5.91 Å². The van der Waals surface area contributed by atoms with E-state index in [1.54, 1.807) is 41.3 Å². The number of likely N-dealkylation sites (tertiary alicyclic amines) is 1. The highest BCUT2D eigenvalue weighted by atomic mass is 16.5. The van der Waals surface area contributed by atoms with Crippen molar-refractivity contribution in [3.63, 3.8) is 0 Å². The van der Waals surface area contributed by atoms with Crippen LogP contribution in [0.2, 0.25) is 0 Å². The first kappa shape index (κ1) is 17.3. The molecule has 6 nitrogen and oxygen atoms in total. The smallest absolute Gasteiger partial charge is 0.308 e. The minimum absolute atomic E-state index is 0.0338. The van der Waals surface area contributed by atoms with Crippen molar-refractivity contribution in [2.24, 2.45) is 0 Å². The van der Waals surface area contributed by atoms with E-state index in [4.69, 9.17) is 9.47 Å². The van der Waals surface area contributed by atoms with E-state index in [0.717, 1.165) is 0 Å². The maximum atomic E-state index is 13.0. The predicted octanol–water partition coefficient (Wildman–Crippen LogP) is 2.86. The Kier molecular flexibility index (Phi) is 4.18. The van der Waals surface area contributed by atoms with Crippen molar-refractivity contribution < 1.29 is 23.9 Å². The molecule has 138 valence electrons. The summed E-state index contributed by atoms with van der Waals surface area (Å²) in [6, 6.07) is 13.9. The van der Waals surface area contributed by atoms with Crippen LogP contribution in [0.25, 0.3) is 0 Å². The Balaban J connectivity index is 1.56. The average Bonchev–Trinajstić information content (AvgIpc) is 3.04. The van der Waals surface area contributed by atoms with Crippen molar-refractivity contribution in [3.05, 3.63) is 59.7 Å². The summed E-state index contributed by atoms with van der Waals surface area (Å²) in [4.78, 5) is 38.5. The molecule has 6 heteroatoms. The lowest BCUT2D eigenvalue weighted by molar-refractivity contribution is -0.131. The van der Waals surface area contributed by atoms with Crippen LogP contribution in [0.15, 0.2) is 48.5 Å². The van der Waals surface area contributed by atoms with Gasteiger partial charge in [0.05, 0.1) is 24.1 Å². The molecule has 2 aromatic rings. The first-order valence-electron chi connectivity index (χ1n) is 8.85. The summed E-state index contributed by atoms with van der Waals surface area (Å²) in [6.45, 7) is 2.09. The van der Waals surface area contributed by atoms with Gasteiger partial charge in [0.1, 0.15) is 17.1 Å². The standard InChI is InChI=1S/C21H19NO5/c1-14(23)26-18-8-4-3-7-16(18)20(25)22-11-10-21(13-22)12-17(24)15-6-2-5-9-19(15)27-21/h2-9H,10-13H2,1H3. The van der Waals surface area contributed by atoms with Gasteiger partial charge in [-0.3, -0.25) is 14.4 Å². The third-order valence-electron chi connectivity index (χ3n) is 4.97. The second-order valence-corrected chi connectivity index (χ2v) is 6.95. The van der Waals surface area contributed by atoms with Crippen LogP contribution < -0.4 is 9.47 Å². The van der Waals surface area contributed by atoms with Crippen LogP contribution in [0.1, 0.15) is 40.5 Å². The molecule has 1 unspecified atom stereocenters. The third kappa shape index (κ3) is 3.18. The van der Waals surface area contributed by atoms with Crippen LogP contribution in [0, 0.1) is 0 Å². The maximum Gasteiger partial charge on any atom is 0.308 e. The first-order valence-corrected chi connectivity index (χ1v) is 8.85. The van der Waals surface area contributed by atoms with E-state index in [-0.39, 0.29) is 23.9 Å². The van der Waals surface area contributed by atoms with Crippen molar-refractivity contribution in [3.8, 4) is 11.5 Å². The SMILES string of the molecule is CC(=O)Oc1ccccc1C(=O)N1CCC2(CC(=O)c3ccccc3O2)C1. The average molecular weight is 365 g/mol. The van der Waals surface area contributed by atoms with E-state index >= 15 is 0 Å². The van der Waals surface area contributed by atoms with Crippen LogP contribution in [0.5, 0.6) is 11.5 Å². The highest BCUT2D eigenvalue weighted by Crippen LogP contribution is 2.39. The molecule has 2 heterocycles. The van der Waals surface area contributed by atoms with Gasteiger partial charge in [0.2, 0.25) is 0 Å². The van der Waals surface area contributed by atoms with Gasteiger partial charge >= 0.3 is 5.97 Å². The molecular weight excluding hydrogens is 346 g/mol. The molecule has 2 aromatic carbocycles. The van der Waals surface area contributed by atoms with Crippen molar-refractivity contribution in [2.45, 2.75) is 25.4 Å². The molecule has 0 saturated carbocycles. The summed E-state index contributed by atoms with van der Waals surface area (Å²) >= 11 is 0. The van der Waals surface area contributed by atoms with Gasteiger partial charge in [-0.15, -0.1) is 0 Å². The number of Topliss-reactive ketones (excluding diaryl/α,β-unsaturated/α-hetero) is 1. The second-order valence-electron chi connectivity index (χ2n) is 6.95. The topological polar surface area (TPSA) is 72.9 Å². The van der Waals surface area contributed by atoms with Crippen molar-refractivity contribution in [1.82, 2.24) is 4.90 Å². The van der Waals surface area contributed by atoms with Gasteiger partial charge in [-0.25, -0.2) is 0 Å². The van der Waals surface area contributed by atoms with Gasteiger partial charge in [-0.1, -0.05) is 24.3 Å². The fourth-order valence-corrected chi connectivity index (χ4v) is 3.75. The zero-order chi connectivity index (χ0) is 19.0. The van der Waals surface area contributed by atoms with Crippen molar-refractivity contribution in [1.29, 1.82) is 0 Å². The van der Waals surface area contributed by atoms with E-state index < -0.39 is 11.6 Å². The van der Waals surface area contributed by atoms with Crippen LogP contribution in [0.4, 0.5) is 0 Å². The van der Waals surface area contributed by atoms with Crippen LogP contribution in [0.3, 0.4) is 0 Å². The van der Waals surface area contributed by atoms with Gasteiger partial charge in [-0.2, -0.15) is 0 Å². The molecular formula is C21H19NO5. The number of ketones is 1. The number of benzene rings is 2. The fraction of sp³-hybridized carbons (Fsp3) is 0.286. The minimum Gasteiger partial charge on any atom is -0.484 e. The maximum absolute atomic E-state index is 13.0. The molecule has 1 spiro atoms. The number of rotatable bonds is 2. The highest BCUT2D eigenvalue weighted by Gasteiger charge is 2.47. The van der Waals surface area contributed by atoms with Gasteiger partial charge in [-0.05, 0) is 24.3 Å². The molecule has 0 radical (unpaired) electrons. The number of ether oxygens (including phenoxy) is 2. The lowest BCUT2D eigenvalue weighted by Gasteiger charge is -2.34. The van der Waals surface area contributed by atoms with Gasteiger partial charge in [0.15, 0.2) is 5.78 Å². The van der Waals surface area contributed by atoms with E-state index in [0.29, 0.717) is 36.4 Å². The molecule has 4 rings (SSSR count). The third-order valence-corrected chi connectivity index (χ3v) is 4.97. The highest BCUT2D eigenvalue weighted by molar-refractivity contribution is 6.01. The normalized spacial score (nSPS) is 20.9. The molecule has 0 bridgehead atoms. The quantitative estimate of drug-likeness (QED) is 0.604. The van der Waals surface area contributed by atoms with E-state index in [1.165, 1.54) is 6.92 Å². The lowest BCUT2D eigenvalue weighted by atomic mass is 9.89. The molecule has 2 aliphatic heterocycles. The minimum atomic E-state index is -0.697. The second kappa shape index (κ2) is 6.54. The number of nitrogens with zero attached hydrogens (tertiary/aromatic N) is 1. The van der Waals surface area contributed by atoms with E-state index in [1.807, 2.05) is 12.1 Å². The monoisotopic (exact) mass is 365 g/mol. The molecule has 1 amide bonds. The van der Waals surface area contributed by atoms with Gasteiger partial charge < -0.3 is 14.4 Å². The zero-order valence-corrected chi connectivity index (χ0v) is 14.9. The molecule has 2 aliphatic rings. The number of fused-ring (bicyclic) bond motifs is 1. The number of amides is 1. The van der Waals surface area contributed by atoms with Crippen molar-refractivity contribution in [2.75, 3.05) is 13.1 Å². The van der Waals surface area contributed by atoms with Gasteiger partial charge in [0, 0.05) is 19.9 Å². The Bertz CT molecular complexity index is 938. The van der Waals surface area contributed by atoms with E-state index in [9.17, 15) is 14.4 Å². The van der Waals surface area contributed by atoms with Crippen molar-refractivity contribution >= 4 is 17.7 Å². The Labute approximate surface area is 156 Å². The molecule has 27 heavy (non-hydrogen) atoms.